The van der Waals surface area contributed by atoms with E-state index in [1.54, 1.807) is 0 Å². The summed E-state index contributed by atoms with van der Waals surface area (Å²) in [7, 11) is 0. The summed E-state index contributed by atoms with van der Waals surface area (Å²) in [5.74, 6) is -1.37. The quantitative estimate of drug-likeness (QED) is 0.488. The molecule has 0 saturated heterocycles. The van der Waals surface area contributed by atoms with Gasteiger partial charge < -0.3 is 4.74 Å². The Morgan fingerprint density at radius 3 is 2.20 bits per heavy atom. The van der Waals surface area contributed by atoms with Gasteiger partial charge >= 0.3 is 6.09 Å². The second kappa shape index (κ2) is 5.18. The molecule has 3 amide bonds. The lowest BCUT2D eigenvalue weighted by Crippen LogP contribution is -2.47. The number of amides is 3. The molecular weight excluding hydrogens is 270 g/mol. The number of hydrogen-bond donors (Lipinski definition) is 1. The van der Waals surface area contributed by atoms with Crippen LogP contribution in [0.1, 0.15) is 0 Å². The van der Waals surface area contributed by atoms with Gasteiger partial charge in [-0.2, -0.15) is 5.01 Å². The first-order valence-corrected chi connectivity index (χ1v) is 5.26. The number of hydrogen-bond acceptors (Lipinski definition) is 6. The van der Waals surface area contributed by atoms with Crippen LogP contribution in [0.25, 0.3) is 0 Å². The monoisotopic (exact) mass is 277 g/mol. The van der Waals surface area contributed by atoms with Gasteiger partial charge in [-0.05, 0) is 12.1 Å². The summed E-state index contributed by atoms with van der Waals surface area (Å²) in [4.78, 5) is 43.6. The molecule has 0 saturated carbocycles. The van der Waals surface area contributed by atoms with Crippen molar-refractivity contribution in [2.75, 3.05) is 0 Å². The van der Waals surface area contributed by atoms with Gasteiger partial charge in [-0.15, -0.1) is 0 Å². The van der Waals surface area contributed by atoms with E-state index >= 15 is 0 Å². The Bertz CT molecular complexity index is 604. The highest BCUT2D eigenvalue weighted by atomic mass is 16.6. The van der Waals surface area contributed by atoms with Crippen LogP contribution in [-0.4, -0.2) is 27.8 Å². The maximum Gasteiger partial charge on any atom is 0.432 e. The highest BCUT2D eigenvalue weighted by Crippen LogP contribution is 2.17. The number of nitrogens with zero attached hydrogens (tertiary/aromatic N) is 2. The number of nitro groups is 1. The summed E-state index contributed by atoms with van der Waals surface area (Å²) < 4.78 is 4.76. The van der Waals surface area contributed by atoms with E-state index in [-0.39, 0.29) is 11.4 Å². The van der Waals surface area contributed by atoms with Crippen molar-refractivity contribution in [2.45, 2.75) is 0 Å². The molecule has 9 nitrogen and oxygen atoms in total. The Labute approximate surface area is 111 Å². The van der Waals surface area contributed by atoms with Crippen molar-refractivity contribution in [1.82, 2.24) is 10.4 Å². The summed E-state index contributed by atoms with van der Waals surface area (Å²) in [5, 5.41) is 10.9. The average Bonchev–Trinajstić information content (AvgIpc) is 2.71. The van der Waals surface area contributed by atoms with Gasteiger partial charge in [0.1, 0.15) is 5.75 Å². The molecule has 1 aliphatic heterocycles. The predicted molar refractivity (Wildman–Crippen MR) is 63.2 cm³/mol. The summed E-state index contributed by atoms with van der Waals surface area (Å²) in [6.45, 7) is 0. The van der Waals surface area contributed by atoms with Gasteiger partial charge in [-0.25, -0.2) is 10.2 Å². The van der Waals surface area contributed by atoms with Crippen molar-refractivity contribution in [2.24, 2.45) is 0 Å². The lowest BCUT2D eigenvalue weighted by molar-refractivity contribution is -0.384. The molecule has 102 valence electrons. The van der Waals surface area contributed by atoms with Crippen molar-refractivity contribution in [3.63, 3.8) is 0 Å². The van der Waals surface area contributed by atoms with Crippen molar-refractivity contribution >= 4 is 23.6 Å². The minimum absolute atomic E-state index is 0.0279. The first kappa shape index (κ1) is 13.2. The predicted octanol–water partition coefficient (Wildman–Crippen LogP) is 0.523. The maximum absolute atomic E-state index is 11.4. The number of nitrogens with one attached hydrogen (secondary N) is 1. The Hall–Kier alpha value is -3.23. The zero-order valence-corrected chi connectivity index (χ0v) is 9.81. The number of carbonyl (C=O) groups is 3. The molecule has 20 heavy (non-hydrogen) atoms. The van der Waals surface area contributed by atoms with Crippen LogP contribution in [0.15, 0.2) is 36.4 Å². The van der Waals surface area contributed by atoms with Gasteiger partial charge in [-0.3, -0.25) is 19.7 Å². The molecule has 2 rings (SSSR count). The smallest absolute Gasteiger partial charge is 0.409 e. The third-order valence-electron chi connectivity index (χ3n) is 2.27. The third kappa shape index (κ3) is 2.77. The number of imide groups is 1. The van der Waals surface area contributed by atoms with E-state index in [9.17, 15) is 24.5 Å². The molecule has 1 aromatic carbocycles. The number of rotatable bonds is 3. The van der Waals surface area contributed by atoms with Crippen molar-refractivity contribution in [1.29, 1.82) is 0 Å². The molecule has 0 fully saturated rings. The van der Waals surface area contributed by atoms with Crippen LogP contribution in [0.3, 0.4) is 0 Å². The van der Waals surface area contributed by atoms with Crippen LogP contribution in [-0.2, 0) is 9.59 Å². The fraction of sp³-hybridized carbons (Fsp3) is 0. The van der Waals surface area contributed by atoms with E-state index in [4.69, 9.17) is 4.74 Å². The van der Waals surface area contributed by atoms with E-state index < -0.39 is 22.8 Å². The van der Waals surface area contributed by atoms with Gasteiger partial charge in [0.05, 0.1) is 4.92 Å². The SMILES string of the molecule is O=C(NN1C(=O)C=CC1=O)Oc1ccc([N+](=O)[O-])cc1. The van der Waals surface area contributed by atoms with E-state index in [2.05, 4.69) is 0 Å². The first-order chi connectivity index (χ1) is 9.47. The molecule has 9 heteroatoms. The van der Waals surface area contributed by atoms with Crippen LogP contribution < -0.4 is 10.2 Å². The molecule has 1 aliphatic rings. The number of ether oxygens (including phenoxy) is 1. The molecular formula is C11H7N3O6. The Balaban J connectivity index is 1.96. The zero-order chi connectivity index (χ0) is 14.7. The van der Waals surface area contributed by atoms with Crippen LogP contribution in [0, 0.1) is 10.1 Å². The standard InChI is InChI=1S/C11H7N3O6/c15-9-5-6-10(16)13(9)12-11(17)20-8-3-1-7(2-4-8)14(18)19/h1-6H,(H,12,17). The zero-order valence-electron chi connectivity index (χ0n) is 9.81. The molecule has 0 atom stereocenters. The second-order valence-electron chi connectivity index (χ2n) is 3.60. The molecule has 0 radical (unpaired) electrons. The van der Waals surface area contributed by atoms with Crippen molar-refractivity contribution < 1.29 is 24.0 Å². The third-order valence-corrected chi connectivity index (χ3v) is 2.27. The lowest BCUT2D eigenvalue weighted by atomic mass is 10.3. The minimum atomic E-state index is -1.07. The maximum atomic E-state index is 11.4. The topological polar surface area (TPSA) is 119 Å². The fourth-order valence-electron chi connectivity index (χ4n) is 1.37. The molecule has 0 unspecified atom stereocenters. The minimum Gasteiger partial charge on any atom is -0.409 e. The first-order valence-electron chi connectivity index (χ1n) is 5.26. The molecule has 1 N–H and O–H groups in total. The summed E-state index contributed by atoms with van der Waals surface area (Å²) >= 11 is 0. The van der Waals surface area contributed by atoms with E-state index in [0.29, 0.717) is 5.01 Å². The number of benzene rings is 1. The van der Waals surface area contributed by atoms with Crippen LogP contribution >= 0.6 is 0 Å². The molecule has 0 aromatic heterocycles. The Kier molecular flexibility index (Phi) is 3.42. The Morgan fingerprint density at radius 2 is 1.70 bits per heavy atom. The average molecular weight is 277 g/mol. The highest BCUT2D eigenvalue weighted by Gasteiger charge is 2.26. The van der Waals surface area contributed by atoms with Gasteiger partial charge in [0.15, 0.2) is 0 Å². The summed E-state index contributed by atoms with van der Waals surface area (Å²) in [5.41, 5.74) is 1.78. The van der Waals surface area contributed by atoms with Crippen LogP contribution in [0.4, 0.5) is 10.5 Å². The van der Waals surface area contributed by atoms with Gasteiger partial charge in [0.25, 0.3) is 17.5 Å². The normalized spacial score (nSPS) is 13.5. The molecule has 1 aromatic rings. The molecule has 1 heterocycles. The van der Waals surface area contributed by atoms with Crippen LogP contribution in [0.5, 0.6) is 5.75 Å². The molecule has 0 spiro atoms. The summed E-state index contributed by atoms with van der Waals surface area (Å²) in [6.07, 6.45) is 0.924. The second-order valence-corrected chi connectivity index (χ2v) is 3.60. The van der Waals surface area contributed by atoms with E-state index in [0.717, 1.165) is 24.3 Å². The number of nitro benzene ring substituents is 1. The number of non-ortho nitro benzene ring substituents is 1. The van der Waals surface area contributed by atoms with E-state index in [1.807, 2.05) is 5.43 Å². The van der Waals surface area contributed by atoms with Crippen molar-refractivity contribution in [3.8, 4) is 5.75 Å². The largest absolute Gasteiger partial charge is 0.432 e. The molecule has 0 bridgehead atoms. The number of carbonyl (C=O) groups excluding carboxylic acids is 3. The van der Waals surface area contributed by atoms with Crippen LogP contribution in [0.2, 0.25) is 0 Å². The van der Waals surface area contributed by atoms with E-state index in [1.165, 1.54) is 12.1 Å². The van der Waals surface area contributed by atoms with Gasteiger partial charge in [0, 0.05) is 24.3 Å². The Morgan fingerprint density at radius 1 is 1.15 bits per heavy atom. The summed E-state index contributed by atoms with van der Waals surface area (Å²) in [6, 6.07) is 4.72. The fourth-order valence-corrected chi connectivity index (χ4v) is 1.37. The van der Waals surface area contributed by atoms with Gasteiger partial charge in [-0.1, -0.05) is 0 Å². The van der Waals surface area contributed by atoms with Crippen molar-refractivity contribution in [3.05, 3.63) is 46.5 Å². The molecule has 0 aliphatic carbocycles. The number of hydrazine groups is 1. The van der Waals surface area contributed by atoms with Gasteiger partial charge in [0.2, 0.25) is 0 Å². The lowest BCUT2D eigenvalue weighted by Gasteiger charge is -2.14. The highest BCUT2D eigenvalue weighted by molar-refractivity contribution is 6.13.